The number of nitrogens with zero attached hydrogens (tertiary/aromatic N) is 1. The normalized spacial score (nSPS) is 15.2. The first-order chi connectivity index (χ1) is 30.9. The molecule has 0 spiro atoms. The van der Waals surface area contributed by atoms with Crippen molar-refractivity contribution < 1.29 is 61.5 Å². The van der Waals surface area contributed by atoms with Crippen LogP contribution in [0.2, 0.25) is 0 Å². The summed E-state index contributed by atoms with van der Waals surface area (Å²) in [6.07, 6.45) is 27.9. The minimum atomic E-state index is -4.55. The Morgan fingerprint density at radius 1 is 0.815 bits per heavy atom. The average molecular weight is 956 g/mol. The zero-order valence-corrected chi connectivity index (χ0v) is 42.3. The first-order valence-electron chi connectivity index (χ1n) is 23.7. The van der Waals surface area contributed by atoms with Crippen LogP contribution in [0.25, 0.3) is 0 Å². The minimum absolute atomic E-state index is 0.0140. The number of phosphoric acid groups is 1. The van der Waals surface area contributed by atoms with Crippen molar-refractivity contribution in [3.8, 4) is 0 Å². The second-order valence-corrected chi connectivity index (χ2v) is 20.2. The highest BCUT2D eigenvalue weighted by atomic mass is 32.2. The van der Waals surface area contributed by atoms with Gasteiger partial charge in [-0.3, -0.25) is 23.4 Å². The third kappa shape index (κ3) is 30.8. The van der Waals surface area contributed by atoms with E-state index in [-0.39, 0.29) is 38.0 Å². The van der Waals surface area contributed by atoms with Crippen LogP contribution in [-0.2, 0) is 50.3 Å². The van der Waals surface area contributed by atoms with E-state index in [0.29, 0.717) is 17.4 Å². The fourth-order valence-corrected chi connectivity index (χ4v) is 8.29. The molecule has 65 heavy (non-hydrogen) atoms. The lowest BCUT2D eigenvalue weighted by molar-refractivity contribution is -0.870. The number of nitrogens with two attached hydrogens (primary N) is 1. The monoisotopic (exact) mass is 956 g/mol. The van der Waals surface area contributed by atoms with Crippen LogP contribution < -0.4 is 5.73 Å². The lowest BCUT2D eigenvalue weighted by Gasteiger charge is -2.25. The van der Waals surface area contributed by atoms with Gasteiger partial charge in [-0.25, -0.2) is 4.57 Å². The molecule has 1 rings (SSSR count). The summed E-state index contributed by atoms with van der Waals surface area (Å²) in [7, 11) is 1.14. The zero-order chi connectivity index (χ0) is 48.5. The van der Waals surface area contributed by atoms with Crippen molar-refractivity contribution in [1.82, 2.24) is 0 Å². The molecular formula is C49H84N2O12PS+. The molecule has 1 unspecified atom stereocenters. The maximum atomic E-state index is 13.3. The lowest BCUT2D eigenvalue weighted by Crippen LogP contribution is -2.40. The molecule has 0 aliphatic carbocycles. The molecular weight excluding hydrogens is 872 g/mol. The Morgan fingerprint density at radius 2 is 1.49 bits per heavy atom. The third-order valence-corrected chi connectivity index (χ3v) is 12.9. The number of allylic oxidation sites excluding steroid dienone is 7. The number of carbonyl (C=O) groups is 3. The van der Waals surface area contributed by atoms with Crippen molar-refractivity contribution in [1.29, 1.82) is 0 Å². The van der Waals surface area contributed by atoms with Gasteiger partial charge in [0.25, 0.3) is 0 Å². The fraction of sp³-hybridized carbons (Fsp3) is 0.694. The number of unbranched alkanes of at least 4 members (excludes halogenated alkanes) is 8. The number of carboxylic acids is 1. The largest absolute Gasteiger partial charge is 0.481 e. The third-order valence-electron chi connectivity index (χ3n) is 10.5. The summed E-state index contributed by atoms with van der Waals surface area (Å²) >= 11 is 1.20. The summed E-state index contributed by atoms with van der Waals surface area (Å²) in [6, 6.07) is -1.19. The topological polar surface area (TPSA) is 205 Å². The number of hydrogen-bond acceptors (Lipinski definition) is 12. The predicted molar refractivity (Wildman–Crippen MR) is 261 cm³/mol. The number of carbonyl (C=O) groups excluding carboxylic acids is 2. The minimum Gasteiger partial charge on any atom is -0.481 e. The Balaban J connectivity index is 2.80. The average Bonchev–Trinajstić information content (AvgIpc) is 3.50. The van der Waals surface area contributed by atoms with Crippen molar-refractivity contribution in [3.05, 3.63) is 71.3 Å². The number of ether oxygens (including phenoxy) is 2. The Hall–Kier alpha value is -3.01. The summed E-state index contributed by atoms with van der Waals surface area (Å²) in [5, 5.41) is 19.5. The Labute approximate surface area is 394 Å². The summed E-state index contributed by atoms with van der Waals surface area (Å²) in [5.41, 5.74) is 8.77. The second-order valence-electron chi connectivity index (χ2n) is 17.6. The predicted octanol–water partition coefficient (Wildman–Crippen LogP) is 9.66. The molecule has 0 amide bonds. The first kappa shape index (κ1) is 60.0. The van der Waals surface area contributed by atoms with Crippen molar-refractivity contribution in [2.75, 3.05) is 53.3 Å². The second kappa shape index (κ2) is 35.2. The van der Waals surface area contributed by atoms with Gasteiger partial charge in [-0.2, -0.15) is 0 Å². The Kier molecular flexibility index (Phi) is 32.5. The standard InChI is InChI=1S/C49H83N2O12PS/c1-8-10-11-12-13-14-15-16-17-18-22-25-31-46(43(52)29-27-32-47(53)54)65-38-42(50)49(56)62-41(37-61-64(57,58)60-35-34-51(5,6)7)36-59-48(55)33-26-23-20-19-21-24-30-45-40(4)39(3)44(63-45)28-9-2/h13-14,16-18,22,25,31,41-43,46,52H,8-12,15,19-21,23-24,26-30,32-38,50H2,1-7H3,(H-,53,54,57,58)/p+1/b14-13-,17-16-,22-18+,31-25+/t41-,42+,43+,46-/m1/s1. The molecule has 372 valence electrons. The number of aliphatic hydroxyl groups excluding tert-OH is 1. The number of thioether (sulfide) groups is 1. The number of hydrogen-bond donors (Lipinski definition) is 4. The van der Waals surface area contributed by atoms with E-state index in [2.05, 4.69) is 39.8 Å². The number of aliphatic hydroxyl groups is 1. The van der Waals surface area contributed by atoms with Crippen molar-refractivity contribution in [2.24, 2.45) is 5.73 Å². The van der Waals surface area contributed by atoms with Crippen LogP contribution in [-0.4, -0.2) is 114 Å². The van der Waals surface area contributed by atoms with E-state index < -0.39 is 62.4 Å². The maximum absolute atomic E-state index is 13.3. The SMILES string of the molecule is CCCCC/C=C\C\C=C/C=C/C=C/[C@@H](SC[C@H](N)C(=O)O[C@H](COC(=O)CCCCCCCCc1oc(CCC)c(C)c1C)COP(=O)(O)OCC[N+](C)(C)C)[C@@H](O)CCCC(=O)O. The van der Waals surface area contributed by atoms with Gasteiger partial charge in [-0.05, 0) is 76.3 Å². The first-order valence-corrected chi connectivity index (χ1v) is 26.2. The van der Waals surface area contributed by atoms with Crippen LogP contribution in [0.5, 0.6) is 0 Å². The molecule has 5 atom stereocenters. The molecule has 16 heteroatoms. The number of aliphatic carboxylic acids is 1. The van der Waals surface area contributed by atoms with Gasteiger partial charge in [-0.1, -0.05) is 101 Å². The van der Waals surface area contributed by atoms with Gasteiger partial charge >= 0.3 is 25.7 Å². The van der Waals surface area contributed by atoms with Crippen LogP contribution in [0.3, 0.4) is 0 Å². The van der Waals surface area contributed by atoms with E-state index in [1.54, 1.807) is 12.2 Å². The molecule has 0 bridgehead atoms. The molecule has 14 nitrogen and oxygen atoms in total. The number of phosphoric ester groups is 1. The number of rotatable bonds is 39. The molecule has 1 aromatic rings. The molecule has 0 saturated carbocycles. The van der Waals surface area contributed by atoms with Gasteiger partial charge in [0.05, 0.1) is 33.9 Å². The van der Waals surface area contributed by atoms with E-state index in [9.17, 15) is 28.9 Å². The van der Waals surface area contributed by atoms with Crippen molar-refractivity contribution in [2.45, 2.75) is 167 Å². The van der Waals surface area contributed by atoms with Gasteiger partial charge < -0.3 is 39.2 Å². The molecule has 5 N–H and O–H groups in total. The summed E-state index contributed by atoms with van der Waals surface area (Å²) in [5.74, 6) is -0.140. The highest BCUT2D eigenvalue weighted by Gasteiger charge is 2.29. The highest BCUT2D eigenvalue weighted by Crippen LogP contribution is 2.43. The number of quaternary nitrogens is 1. The molecule has 0 aliphatic rings. The number of carboxylic acid groups (broad SMARTS) is 1. The number of likely N-dealkylation sites (N-methyl/N-ethyl adjacent to an activating group) is 1. The molecule has 0 saturated heterocycles. The molecule has 0 radical (unpaired) electrons. The molecule has 1 heterocycles. The molecule has 0 fully saturated rings. The van der Waals surface area contributed by atoms with Gasteiger partial charge in [0.1, 0.15) is 37.3 Å². The van der Waals surface area contributed by atoms with Crippen molar-refractivity contribution >= 4 is 37.5 Å². The molecule has 1 aromatic heterocycles. The number of furan rings is 1. The van der Waals surface area contributed by atoms with E-state index in [1.807, 2.05) is 45.4 Å². The highest BCUT2D eigenvalue weighted by molar-refractivity contribution is 8.00. The number of esters is 2. The fourth-order valence-electron chi connectivity index (χ4n) is 6.43. The quantitative estimate of drug-likeness (QED) is 0.0121. The van der Waals surface area contributed by atoms with Crippen molar-refractivity contribution in [3.63, 3.8) is 0 Å². The van der Waals surface area contributed by atoms with E-state index in [1.165, 1.54) is 42.2 Å². The molecule has 0 aliphatic heterocycles. The van der Waals surface area contributed by atoms with Gasteiger partial charge in [0.2, 0.25) is 0 Å². The van der Waals surface area contributed by atoms with E-state index in [0.717, 1.165) is 75.7 Å². The lowest BCUT2D eigenvalue weighted by atomic mass is 10.0. The van der Waals surface area contributed by atoms with Gasteiger partial charge in [0.15, 0.2) is 6.10 Å². The zero-order valence-electron chi connectivity index (χ0n) is 40.6. The summed E-state index contributed by atoms with van der Waals surface area (Å²) < 4.78 is 40.6. The summed E-state index contributed by atoms with van der Waals surface area (Å²) in [4.78, 5) is 47.4. The van der Waals surface area contributed by atoms with Crippen LogP contribution in [0.15, 0.2) is 53.0 Å². The van der Waals surface area contributed by atoms with E-state index in [4.69, 9.17) is 33.8 Å². The Morgan fingerprint density at radius 3 is 2.17 bits per heavy atom. The maximum Gasteiger partial charge on any atom is 0.472 e. The van der Waals surface area contributed by atoms with Gasteiger partial charge in [-0.15, -0.1) is 11.8 Å². The van der Waals surface area contributed by atoms with Crippen LogP contribution in [0.4, 0.5) is 0 Å². The number of aryl methyl sites for hydroxylation is 2. The van der Waals surface area contributed by atoms with Gasteiger partial charge in [0, 0.05) is 36.7 Å². The van der Waals surface area contributed by atoms with Crippen LogP contribution >= 0.6 is 19.6 Å². The van der Waals surface area contributed by atoms with Crippen LogP contribution in [0.1, 0.15) is 139 Å². The Bertz CT molecular complexity index is 1650. The summed E-state index contributed by atoms with van der Waals surface area (Å²) in [6.45, 7) is 7.92. The smallest absolute Gasteiger partial charge is 0.472 e. The molecule has 0 aromatic carbocycles. The van der Waals surface area contributed by atoms with E-state index >= 15 is 0 Å². The van der Waals surface area contributed by atoms with Crippen LogP contribution in [0, 0.1) is 13.8 Å².